The van der Waals surface area contributed by atoms with Gasteiger partial charge in [-0.1, -0.05) is 37.3 Å². The maximum Gasteiger partial charge on any atom is 0.344 e. The van der Waals surface area contributed by atoms with Gasteiger partial charge in [0.1, 0.15) is 23.2 Å². The van der Waals surface area contributed by atoms with Gasteiger partial charge in [0.15, 0.2) is 6.54 Å². The number of benzene rings is 2. The molecule has 0 bridgehead atoms. The number of carbonyl (C=O) groups excluding carboxylic acids is 3. The maximum atomic E-state index is 13.9. The second-order valence-electron chi connectivity index (χ2n) is 7.12. The molecule has 1 saturated heterocycles. The van der Waals surface area contributed by atoms with E-state index in [9.17, 15) is 23.2 Å². The molecule has 1 aliphatic rings. The number of quaternary nitrogens is 1. The van der Waals surface area contributed by atoms with E-state index in [4.69, 9.17) is 0 Å². The van der Waals surface area contributed by atoms with Crippen LogP contribution in [0.2, 0.25) is 0 Å². The van der Waals surface area contributed by atoms with Crippen LogP contribution >= 0.6 is 0 Å². The van der Waals surface area contributed by atoms with Crippen molar-refractivity contribution in [2.24, 2.45) is 0 Å². The van der Waals surface area contributed by atoms with E-state index in [1.165, 1.54) is 11.4 Å². The molecule has 0 unspecified atom stereocenters. The number of nitrogens with two attached hydrogens (primary N) is 1. The van der Waals surface area contributed by atoms with Crippen LogP contribution in [0, 0.1) is 11.6 Å². The molecule has 0 aliphatic carbocycles. The number of nitrogens with zero attached hydrogens (tertiary/aromatic N) is 1. The Bertz CT molecular complexity index is 970. The maximum absolute atomic E-state index is 13.9. The van der Waals surface area contributed by atoms with E-state index in [-0.39, 0.29) is 12.1 Å². The Labute approximate surface area is 172 Å². The Morgan fingerprint density at radius 2 is 1.90 bits per heavy atom. The number of nitrogens with one attached hydrogen (secondary N) is 2. The fraction of sp³-hybridized carbons (Fsp3) is 0.286. The number of hydrogen-bond donors (Lipinski definition) is 3. The zero-order valence-electron chi connectivity index (χ0n) is 16.6. The summed E-state index contributed by atoms with van der Waals surface area (Å²) in [6, 6.07) is 10.8. The van der Waals surface area contributed by atoms with Crippen molar-refractivity contribution in [3.8, 4) is 0 Å². The van der Waals surface area contributed by atoms with Gasteiger partial charge in [0.05, 0.1) is 0 Å². The molecular formula is C21H23F2N4O3+. The average Bonchev–Trinajstić information content (AvgIpc) is 2.97. The fourth-order valence-electron chi connectivity index (χ4n) is 3.49. The minimum atomic E-state index is -1.25. The summed E-state index contributed by atoms with van der Waals surface area (Å²) < 4.78 is 26.9. The van der Waals surface area contributed by atoms with Crippen LogP contribution in [0.25, 0.3) is 0 Å². The van der Waals surface area contributed by atoms with Crippen LogP contribution in [0.4, 0.5) is 13.6 Å². The molecular weight excluding hydrogens is 394 g/mol. The molecule has 30 heavy (non-hydrogen) atoms. The van der Waals surface area contributed by atoms with E-state index in [1.54, 1.807) is 44.2 Å². The normalized spacial score (nSPS) is 19.5. The first kappa shape index (κ1) is 21.4. The van der Waals surface area contributed by atoms with Gasteiger partial charge in [-0.15, -0.1) is 0 Å². The summed E-state index contributed by atoms with van der Waals surface area (Å²) in [6.07, 6.45) is 0.307. The SMILES string of the molecule is CC[C@@]1(c2ccccc2)NC(=O)N(NC(=O)C[NH2+][C@@H](C)c2ccc(F)cc2F)C1=O. The topological polar surface area (TPSA) is 95.1 Å². The molecule has 4 N–H and O–H groups in total. The molecule has 0 saturated carbocycles. The van der Waals surface area contributed by atoms with E-state index >= 15 is 0 Å². The zero-order chi connectivity index (χ0) is 21.9. The summed E-state index contributed by atoms with van der Waals surface area (Å²) >= 11 is 0. The van der Waals surface area contributed by atoms with Crippen molar-refractivity contribution in [3.05, 3.63) is 71.3 Å². The fourth-order valence-corrected chi connectivity index (χ4v) is 3.49. The highest BCUT2D eigenvalue weighted by molar-refractivity contribution is 6.08. The van der Waals surface area contributed by atoms with Gasteiger partial charge in [0.25, 0.3) is 11.8 Å². The molecule has 1 aliphatic heterocycles. The molecule has 0 radical (unpaired) electrons. The first-order chi connectivity index (χ1) is 14.3. The van der Waals surface area contributed by atoms with E-state index in [0.717, 1.165) is 12.1 Å². The highest BCUT2D eigenvalue weighted by Crippen LogP contribution is 2.31. The quantitative estimate of drug-likeness (QED) is 0.596. The Hall–Kier alpha value is -3.33. The number of hydrogen-bond acceptors (Lipinski definition) is 3. The molecule has 1 heterocycles. The second-order valence-corrected chi connectivity index (χ2v) is 7.12. The number of hydrazine groups is 1. The van der Waals surface area contributed by atoms with Crippen LogP contribution < -0.4 is 16.1 Å². The van der Waals surface area contributed by atoms with Gasteiger partial charge in [-0.05, 0) is 31.0 Å². The molecule has 7 nitrogen and oxygen atoms in total. The van der Waals surface area contributed by atoms with Gasteiger partial charge in [0, 0.05) is 11.6 Å². The summed E-state index contributed by atoms with van der Waals surface area (Å²) in [6.45, 7) is 3.26. The monoisotopic (exact) mass is 417 g/mol. The predicted octanol–water partition coefficient (Wildman–Crippen LogP) is 1.48. The van der Waals surface area contributed by atoms with Crippen LogP contribution in [0.15, 0.2) is 48.5 Å². The van der Waals surface area contributed by atoms with Crippen LogP contribution in [-0.2, 0) is 15.1 Å². The lowest BCUT2D eigenvalue weighted by Crippen LogP contribution is -2.87. The molecule has 1 fully saturated rings. The van der Waals surface area contributed by atoms with E-state index in [2.05, 4.69) is 10.7 Å². The van der Waals surface area contributed by atoms with Gasteiger partial charge in [-0.2, -0.15) is 5.01 Å². The summed E-state index contributed by atoms with van der Waals surface area (Å²) in [5, 5.41) is 4.87. The van der Waals surface area contributed by atoms with Crippen molar-refractivity contribution in [1.82, 2.24) is 15.8 Å². The minimum absolute atomic E-state index is 0.167. The predicted molar refractivity (Wildman–Crippen MR) is 103 cm³/mol. The molecule has 0 aromatic heterocycles. The minimum Gasteiger partial charge on any atom is -0.332 e. The Morgan fingerprint density at radius 3 is 2.53 bits per heavy atom. The van der Waals surface area contributed by atoms with Gasteiger partial charge in [-0.3, -0.25) is 15.0 Å². The number of halogens is 2. The number of rotatable bonds is 7. The number of carbonyl (C=O) groups is 3. The molecule has 2 aromatic carbocycles. The number of imide groups is 1. The number of amides is 4. The van der Waals surface area contributed by atoms with E-state index in [0.29, 0.717) is 17.0 Å². The Kier molecular flexibility index (Phi) is 6.12. The lowest BCUT2D eigenvalue weighted by molar-refractivity contribution is -0.682. The van der Waals surface area contributed by atoms with Crippen molar-refractivity contribution in [2.75, 3.05) is 6.54 Å². The smallest absolute Gasteiger partial charge is 0.332 e. The van der Waals surface area contributed by atoms with Crippen molar-refractivity contribution in [2.45, 2.75) is 31.8 Å². The van der Waals surface area contributed by atoms with Crippen LogP contribution in [0.5, 0.6) is 0 Å². The van der Waals surface area contributed by atoms with Crippen LogP contribution in [-0.4, -0.2) is 29.4 Å². The Morgan fingerprint density at radius 1 is 1.20 bits per heavy atom. The number of urea groups is 1. The first-order valence-corrected chi connectivity index (χ1v) is 9.58. The van der Waals surface area contributed by atoms with E-state index in [1.807, 2.05) is 0 Å². The molecule has 4 amide bonds. The van der Waals surface area contributed by atoms with Gasteiger partial charge < -0.3 is 10.6 Å². The first-order valence-electron chi connectivity index (χ1n) is 9.58. The lowest BCUT2D eigenvalue weighted by Gasteiger charge is -2.25. The lowest BCUT2D eigenvalue weighted by atomic mass is 9.87. The Balaban J connectivity index is 1.65. The molecule has 0 spiro atoms. The highest BCUT2D eigenvalue weighted by atomic mass is 19.1. The summed E-state index contributed by atoms with van der Waals surface area (Å²) in [5.41, 5.74) is 1.93. The van der Waals surface area contributed by atoms with Gasteiger partial charge in [0.2, 0.25) is 0 Å². The largest absolute Gasteiger partial charge is 0.344 e. The van der Waals surface area contributed by atoms with Crippen molar-refractivity contribution in [3.63, 3.8) is 0 Å². The van der Waals surface area contributed by atoms with Crippen molar-refractivity contribution < 1.29 is 28.5 Å². The molecule has 158 valence electrons. The van der Waals surface area contributed by atoms with Crippen molar-refractivity contribution in [1.29, 1.82) is 0 Å². The second kappa shape index (κ2) is 8.58. The molecule has 2 aromatic rings. The van der Waals surface area contributed by atoms with Gasteiger partial charge >= 0.3 is 6.03 Å². The summed E-state index contributed by atoms with van der Waals surface area (Å²) in [5.74, 6) is -2.57. The molecule has 3 rings (SSSR count). The van der Waals surface area contributed by atoms with Crippen LogP contribution in [0.1, 0.15) is 37.4 Å². The molecule has 2 atom stereocenters. The summed E-state index contributed by atoms with van der Waals surface area (Å²) in [4.78, 5) is 37.7. The summed E-state index contributed by atoms with van der Waals surface area (Å²) in [7, 11) is 0. The van der Waals surface area contributed by atoms with Crippen LogP contribution in [0.3, 0.4) is 0 Å². The standard InChI is InChI=1S/C21H22F2N4O3/c1-3-21(14-7-5-4-6-8-14)19(29)27(20(30)25-21)26-18(28)12-24-13(2)16-10-9-15(22)11-17(16)23/h4-11,13,24H,3,12H2,1-2H3,(H,25,30)(H,26,28)/p+1/t13-,21-/m0/s1. The zero-order valence-corrected chi connectivity index (χ0v) is 16.6. The molecule has 9 heteroatoms. The average molecular weight is 417 g/mol. The third-order valence-electron chi connectivity index (χ3n) is 5.23. The highest BCUT2D eigenvalue weighted by Gasteiger charge is 2.52. The van der Waals surface area contributed by atoms with Crippen molar-refractivity contribution >= 4 is 17.8 Å². The third-order valence-corrected chi connectivity index (χ3v) is 5.23. The van der Waals surface area contributed by atoms with Gasteiger partial charge in [-0.25, -0.2) is 13.6 Å². The van der Waals surface area contributed by atoms with E-state index < -0.39 is 41.1 Å². The third kappa shape index (κ3) is 4.02.